The third kappa shape index (κ3) is 4.78. The van der Waals surface area contributed by atoms with Crippen LogP contribution in [0.4, 0.5) is 10.5 Å². The van der Waals surface area contributed by atoms with E-state index in [1.54, 1.807) is 17.0 Å². The van der Waals surface area contributed by atoms with Gasteiger partial charge in [0, 0.05) is 37.2 Å². The Morgan fingerprint density at radius 3 is 2.37 bits per heavy atom. The first kappa shape index (κ1) is 21.3. The first-order chi connectivity index (χ1) is 14.5. The fourth-order valence-electron chi connectivity index (χ4n) is 3.71. The predicted molar refractivity (Wildman–Crippen MR) is 115 cm³/mol. The minimum Gasteiger partial charge on any atom is -0.468 e. The van der Waals surface area contributed by atoms with Crippen molar-refractivity contribution in [3.05, 3.63) is 77.1 Å². The molecule has 3 N–H and O–H groups in total. The van der Waals surface area contributed by atoms with Crippen LogP contribution in [0.15, 0.2) is 54.6 Å². The number of nitrogens with two attached hydrogens (primary N) is 1. The van der Waals surface area contributed by atoms with Crippen LogP contribution < -0.4 is 11.1 Å². The number of carbonyl (C=O) groups is 2. The summed E-state index contributed by atoms with van der Waals surface area (Å²) in [6, 6.07) is 16.1. The lowest BCUT2D eigenvalue weighted by Crippen LogP contribution is -2.45. The Morgan fingerprint density at radius 2 is 1.80 bits per heavy atom. The first-order valence-corrected chi connectivity index (χ1v) is 9.90. The second-order valence-corrected chi connectivity index (χ2v) is 7.46. The molecule has 7 heteroatoms. The molecule has 7 nitrogen and oxygen atoms in total. The zero-order valence-corrected chi connectivity index (χ0v) is 17.0. The number of anilines is 1. The van der Waals surface area contributed by atoms with E-state index in [2.05, 4.69) is 14.9 Å². The molecular weight excluding hydrogens is 380 g/mol. The van der Waals surface area contributed by atoms with Crippen LogP contribution in [0.1, 0.15) is 24.0 Å². The SMILES string of the molecule is [C-]#[N+]C1(c2ccccc2)CCN(C(=O)Nc2ccc(CC(N)C(=O)OC)cc2)CC1. The van der Waals surface area contributed by atoms with E-state index in [1.807, 2.05) is 42.5 Å². The zero-order valence-electron chi connectivity index (χ0n) is 17.0. The molecule has 1 aliphatic rings. The minimum absolute atomic E-state index is 0.180. The van der Waals surface area contributed by atoms with Gasteiger partial charge in [-0.15, -0.1) is 0 Å². The number of likely N-dealkylation sites (tertiary alicyclic amines) is 1. The van der Waals surface area contributed by atoms with Crippen molar-refractivity contribution in [2.75, 3.05) is 25.5 Å². The van der Waals surface area contributed by atoms with Crippen molar-refractivity contribution in [2.45, 2.75) is 30.8 Å². The Kier molecular flexibility index (Phi) is 6.70. The molecule has 0 radical (unpaired) electrons. The van der Waals surface area contributed by atoms with Crippen LogP contribution in [0.2, 0.25) is 0 Å². The number of rotatable bonds is 5. The highest BCUT2D eigenvalue weighted by atomic mass is 16.5. The van der Waals surface area contributed by atoms with Crippen molar-refractivity contribution in [1.29, 1.82) is 0 Å². The number of ether oxygens (including phenoxy) is 1. The van der Waals surface area contributed by atoms with Gasteiger partial charge in [-0.3, -0.25) is 4.79 Å². The van der Waals surface area contributed by atoms with Crippen LogP contribution in [-0.2, 0) is 21.5 Å². The van der Waals surface area contributed by atoms with Gasteiger partial charge in [0.1, 0.15) is 6.04 Å². The molecule has 2 aromatic carbocycles. The van der Waals surface area contributed by atoms with Gasteiger partial charge in [0.05, 0.1) is 7.11 Å². The fraction of sp³-hybridized carbons (Fsp3) is 0.348. The Bertz CT molecular complexity index is 914. The number of hydrogen-bond donors (Lipinski definition) is 2. The van der Waals surface area contributed by atoms with E-state index in [0.29, 0.717) is 38.0 Å². The van der Waals surface area contributed by atoms with E-state index < -0.39 is 17.6 Å². The van der Waals surface area contributed by atoms with Gasteiger partial charge in [-0.05, 0) is 24.1 Å². The Morgan fingerprint density at radius 1 is 1.17 bits per heavy atom. The standard InChI is InChI=1S/C23H26N4O3/c1-25-23(18-6-4-3-5-7-18)12-14-27(15-13-23)22(29)26-19-10-8-17(9-11-19)16-20(24)21(28)30-2/h3-11,20H,12-16,24H2,2H3,(H,26,29). The molecule has 1 heterocycles. The molecule has 1 saturated heterocycles. The molecule has 1 aliphatic heterocycles. The lowest BCUT2D eigenvalue weighted by molar-refractivity contribution is -0.142. The summed E-state index contributed by atoms with van der Waals surface area (Å²) >= 11 is 0. The topological polar surface area (TPSA) is 89.0 Å². The summed E-state index contributed by atoms with van der Waals surface area (Å²) in [5, 5.41) is 2.90. The van der Waals surface area contributed by atoms with Gasteiger partial charge in [0.25, 0.3) is 5.54 Å². The van der Waals surface area contributed by atoms with E-state index in [4.69, 9.17) is 12.3 Å². The zero-order chi connectivity index (χ0) is 21.6. The number of hydrogen-bond acceptors (Lipinski definition) is 4. The third-order valence-electron chi connectivity index (χ3n) is 5.57. The summed E-state index contributed by atoms with van der Waals surface area (Å²) in [5.41, 5.74) is 7.79. The number of carbonyl (C=O) groups excluding carboxylic acids is 2. The lowest BCUT2D eigenvalue weighted by atomic mass is 9.82. The van der Waals surface area contributed by atoms with E-state index >= 15 is 0 Å². The van der Waals surface area contributed by atoms with Crippen LogP contribution in [0.3, 0.4) is 0 Å². The number of benzene rings is 2. The molecule has 1 fully saturated rings. The molecule has 156 valence electrons. The number of amides is 2. The van der Waals surface area contributed by atoms with Crippen molar-refractivity contribution in [1.82, 2.24) is 4.90 Å². The average molecular weight is 406 g/mol. The van der Waals surface area contributed by atoms with Crippen LogP contribution >= 0.6 is 0 Å². The van der Waals surface area contributed by atoms with Crippen molar-refractivity contribution in [3.63, 3.8) is 0 Å². The molecule has 3 rings (SSSR count). The Balaban J connectivity index is 1.56. The smallest absolute Gasteiger partial charge is 0.322 e. The van der Waals surface area contributed by atoms with Crippen molar-refractivity contribution in [3.8, 4) is 0 Å². The van der Waals surface area contributed by atoms with Crippen molar-refractivity contribution < 1.29 is 14.3 Å². The highest BCUT2D eigenvalue weighted by Crippen LogP contribution is 2.37. The maximum Gasteiger partial charge on any atom is 0.322 e. The molecule has 0 spiro atoms. The Labute approximate surface area is 176 Å². The lowest BCUT2D eigenvalue weighted by Gasteiger charge is -2.34. The molecule has 1 unspecified atom stereocenters. The normalized spacial score (nSPS) is 16.2. The van der Waals surface area contributed by atoms with E-state index in [0.717, 1.165) is 11.1 Å². The maximum absolute atomic E-state index is 12.7. The highest BCUT2D eigenvalue weighted by molar-refractivity contribution is 5.89. The first-order valence-electron chi connectivity index (χ1n) is 9.90. The summed E-state index contributed by atoms with van der Waals surface area (Å²) in [4.78, 5) is 29.8. The molecule has 0 aliphatic carbocycles. The number of esters is 1. The molecule has 1 atom stereocenters. The summed E-state index contributed by atoms with van der Waals surface area (Å²) in [7, 11) is 1.31. The second kappa shape index (κ2) is 9.42. The van der Waals surface area contributed by atoms with Gasteiger partial charge in [0.2, 0.25) is 0 Å². The molecular formula is C23H26N4O3. The summed E-state index contributed by atoms with van der Waals surface area (Å²) in [6.45, 7) is 8.76. The quantitative estimate of drug-likeness (QED) is 0.590. The maximum atomic E-state index is 12.7. The predicted octanol–water partition coefficient (Wildman–Crippen LogP) is 3.17. The van der Waals surface area contributed by atoms with Crippen LogP contribution in [0.5, 0.6) is 0 Å². The number of nitrogens with one attached hydrogen (secondary N) is 1. The fourth-order valence-corrected chi connectivity index (χ4v) is 3.71. The number of urea groups is 1. The molecule has 30 heavy (non-hydrogen) atoms. The summed E-state index contributed by atoms with van der Waals surface area (Å²) < 4.78 is 4.63. The highest BCUT2D eigenvalue weighted by Gasteiger charge is 2.43. The monoisotopic (exact) mass is 406 g/mol. The van der Waals surface area contributed by atoms with Crippen molar-refractivity contribution in [2.24, 2.45) is 5.73 Å². The molecule has 0 saturated carbocycles. The van der Waals surface area contributed by atoms with Crippen LogP contribution in [0, 0.1) is 6.57 Å². The van der Waals surface area contributed by atoms with E-state index in [-0.39, 0.29) is 6.03 Å². The van der Waals surface area contributed by atoms with Gasteiger partial charge >= 0.3 is 12.0 Å². The number of piperidine rings is 1. The van der Waals surface area contributed by atoms with Gasteiger partial charge in [-0.2, -0.15) is 0 Å². The molecule has 0 aromatic heterocycles. The Hall–Kier alpha value is -3.37. The average Bonchev–Trinajstić information content (AvgIpc) is 2.80. The number of nitrogens with zero attached hydrogens (tertiary/aromatic N) is 2. The van der Waals surface area contributed by atoms with Gasteiger partial charge in [-0.1, -0.05) is 42.5 Å². The second-order valence-electron chi connectivity index (χ2n) is 7.46. The number of methoxy groups -OCH3 is 1. The third-order valence-corrected chi connectivity index (χ3v) is 5.57. The molecule has 0 bridgehead atoms. The largest absolute Gasteiger partial charge is 0.468 e. The summed E-state index contributed by atoms with van der Waals surface area (Å²) in [6.07, 6.45) is 1.59. The minimum atomic E-state index is -0.712. The summed E-state index contributed by atoms with van der Waals surface area (Å²) in [5.74, 6) is -0.455. The van der Waals surface area contributed by atoms with E-state index in [9.17, 15) is 9.59 Å². The molecule has 2 aromatic rings. The van der Waals surface area contributed by atoms with E-state index in [1.165, 1.54) is 7.11 Å². The van der Waals surface area contributed by atoms with Gasteiger partial charge in [-0.25, -0.2) is 11.4 Å². The van der Waals surface area contributed by atoms with Crippen LogP contribution in [0.25, 0.3) is 4.85 Å². The van der Waals surface area contributed by atoms with Crippen LogP contribution in [-0.4, -0.2) is 43.1 Å². The van der Waals surface area contributed by atoms with Crippen molar-refractivity contribution >= 4 is 17.7 Å². The van der Waals surface area contributed by atoms with Gasteiger partial charge < -0.3 is 25.5 Å². The van der Waals surface area contributed by atoms with Gasteiger partial charge in [0.15, 0.2) is 0 Å². The molecule has 2 amide bonds.